The average molecular weight is 181 g/mol. The number of amides is 1. The van der Waals surface area contributed by atoms with Crippen LogP contribution in [0.15, 0.2) is 18.2 Å². The van der Waals surface area contributed by atoms with Crippen molar-refractivity contribution in [1.29, 1.82) is 0 Å². The first-order valence-corrected chi connectivity index (χ1v) is 3.90. The number of hydrogen-bond acceptors (Lipinski definition) is 3. The Morgan fingerprint density at radius 1 is 1.62 bits per heavy atom. The maximum atomic E-state index is 10.9. The van der Waals surface area contributed by atoms with E-state index in [1.165, 1.54) is 18.2 Å². The maximum Gasteiger partial charge on any atom is 0.252 e. The number of primary amides is 1. The Bertz CT molecular complexity index is 323. The van der Waals surface area contributed by atoms with Crippen molar-refractivity contribution in [2.45, 2.75) is 6.92 Å². The summed E-state index contributed by atoms with van der Waals surface area (Å²) in [6.45, 7) is 2.21. The van der Waals surface area contributed by atoms with Gasteiger partial charge in [0.1, 0.15) is 11.5 Å². The van der Waals surface area contributed by atoms with E-state index < -0.39 is 5.91 Å². The molecule has 4 nitrogen and oxygen atoms in total. The second-order valence-electron chi connectivity index (χ2n) is 2.48. The van der Waals surface area contributed by atoms with Crippen molar-refractivity contribution in [1.82, 2.24) is 0 Å². The molecule has 13 heavy (non-hydrogen) atoms. The minimum atomic E-state index is -0.566. The van der Waals surface area contributed by atoms with Crippen molar-refractivity contribution in [2.75, 3.05) is 6.61 Å². The van der Waals surface area contributed by atoms with E-state index in [2.05, 4.69) is 0 Å². The molecule has 0 heterocycles. The zero-order chi connectivity index (χ0) is 9.84. The summed E-state index contributed by atoms with van der Waals surface area (Å²) >= 11 is 0. The van der Waals surface area contributed by atoms with Gasteiger partial charge in [-0.25, -0.2) is 0 Å². The second kappa shape index (κ2) is 3.80. The first kappa shape index (κ1) is 9.38. The van der Waals surface area contributed by atoms with E-state index in [9.17, 15) is 4.79 Å². The summed E-state index contributed by atoms with van der Waals surface area (Å²) in [5.74, 6) is -0.202. The number of nitrogens with two attached hydrogens (primary N) is 1. The van der Waals surface area contributed by atoms with E-state index in [-0.39, 0.29) is 11.3 Å². The van der Waals surface area contributed by atoms with Crippen molar-refractivity contribution >= 4 is 5.91 Å². The highest BCUT2D eigenvalue weighted by atomic mass is 16.5. The quantitative estimate of drug-likeness (QED) is 0.727. The van der Waals surface area contributed by atoms with Crippen LogP contribution < -0.4 is 10.5 Å². The van der Waals surface area contributed by atoms with Gasteiger partial charge in [-0.3, -0.25) is 4.79 Å². The highest BCUT2D eigenvalue weighted by Gasteiger charge is 2.09. The van der Waals surface area contributed by atoms with Crippen molar-refractivity contribution in [3.63, 3.8) is 0 Å². The van der Waals surface area contributed by atoms with Gasteiger partial charge in [0.25, 0.3) is 5.91 Å². The third-order valence-electron chi connectivity index (χ3n) is 1.53. The Balaban J connectivity index is 3.10. The molecule has 0 radical (unpaired) electrons. The largest absolute Gasteiger partial charge is 0.508 e. The average Bonchev–Trinajstić information content (AvgIpc) is 2.04. The predicted molar refractivity (Wildman–Crippen MR) is 47.8 cm³/mol. The van der Waals surface area contributed by atoms with Gasteiger partial charge in [-0.05, 0) is 19.1 Å². The molecule has 3 N–H and O–H groups in total. The highest BCUT2D eigenvalue weighted by molar-refractivity contribution is 5.95. The van der Waals surface area contributed by atoms with E-state index in [4.69, 9.17) is 15.6 Å². The molecular weight excluding hydrogens is 170 g/mol. The van der Waals surface area contributed by atoms with E-state index >= 15 is 0 Å². The Morgan fingerprint density at radius 3 is 2.85 bits per heavy atom. The summed E-state index contributed by atoms with van der Waals surface area (Å²) < 4.78 is 5.12. The number of ether oxygens (including phenoxy) is 1. The number of phenolic OH excluding ortho intramolecular Hbond substituents is 1. The summed E-state index contributed by atoms with van der Waals surface area (Å²) in [7, 11) is 0. The number of carbonyl (C=O) groups excluding carboxylic acids is 1. The molecule has 70 valence electrons. The SMILES string of the molecule is CCOc1cc(O)ccc1C(N)=O. The smallest absolute Gasteiger partial charge is 0.252 e. The Kier molecular flexibility index (Phi) is 2.74. The molecule has 4 heteroatoms. The lowest BCUT2D eigenvalue weighted by molar-refractivity contribution is 0.0996. The summed E-state index contributed by atoms with van der Waals surface area (Å²) in [5, 5.41) is 9.11. The van der Waals surface area contributed by atoms with Crippen LogP contribution in [0.5, 0.6) is 11.5 Å². The van der Waals surface area contributed by atoms with Crippen LogP contribution in [0.2, 0.25) is 0 Å². The lowest BCUT2D eigenvalue weighted by Gasteiger charge is -2.07. The van der Waals surface area contributed by atoms with Gasteiger partial charge in [0.05, 0.1) is 12.2 Å². The van der Waals surface area contributed by atoms with Gasteiger partial charge < -0.3 is 15.6 Å². The highest BCUT2D eigenvalue weighted by Crippen LogP contribution is 2.23. The molecule has 0 spiro atoms. The van der Waals surface area contributed by atoms with Crippen LogP contribution in [0.3, 0.4) is 0 Å². The standard InChI is InChI=1S/C9H11NO3/c1-2-13-8-5-6(11)3-4-7(8)9(10)12/h3-5,11H,2H2,1H3,(H2,10,12). The first-order chi connectivity index (χ1) is 6.15. The molecule has 0 atom stereocenters. The van der Waals surface area contributed by atoms with Crippen molar-refractivity contribution < 1.29 is 14.6 Å². The lowest BCUT2D eigenvalue weighted by atomic mass is 10.2. The Morgan fingerprint density at radius 2 is 2.31 bits per heavy atom. The molecule has 0 aliphatic rings. The van der Waals surface area contributed by atoms with Crippen molar-refractivity contribution in [2.24, 2.45) is 5.73 Å². The van der Waals surface area contributed by atoms with Gasteiger partial charge in [-0.15, -0.1) is 0 Å². The van der Waals surface area contributed by atoms with Gasteiger partial charge in [-0.2, -0.15) is 0 Å². The minimum Gasteiger partial charge on any atom is -0.508 e. The molecule has 0 aromatic heterocycles. The van der Waals surface area contributed by atoms with Crippen LogP contribution in [0.4, 0.5) is 0 Å². The molecule has 0 unspecified atom stereocenters. The lowest BCUT2D eigenvalue weighted by Crippen LogP contribution is -2.12. The minimum absolute atomic E-state index is 0.0495. The van der Waals surface area contributed by atoms with E-state index in [0.717, 1.165) is 0 Å². The van der Waals surface area contributed by atoms with Crippen molar-refractivity contribution in [3.8, 4) is 11.5 Å². The molecule has 0 aliphatic carbocycles. The monoisotopic (exact) mass is 181 g/mol. The molecule has 0 bridgehead atoms. The molecule has 0 saturated carbocycles. The molecule has 0 aliphatic heterocycles. The van der Waals surface area contributed by atoms with E-state index in [0.29, 0.717) is 12.4 Å². The molecule has 1 aromatic carbocycles. The Hall–Kier alpha value is -1.71. The second-order valence-corrected chi connectivity index (χ2v) is 2.48. The van der Waals surface area contributed by atoms with E-state index in [1.807, 2.05) is 0 Å². The fourth-order valence-corrected chi connectivity index (χ4v) is 0.990. The van der Waals surface area contributed by atoms with Gasteiger partial charge in [0, 0.05) is 6.07 Å². The van der Waals surface area contributed by atoms with Crippen LogP contribution in [0.1, 0.15) is 17.3 Å². The molecule has 0 fully saturated rings. The van der Waals surface area contributed by atoms with Crippen LogP contribution in [-0.2, 0) is 0 Å². The molecule has 1 amide bonds. The summed E-state index contributed by atoms with van der Waals surface area (Å²) in [5.41, 5.74) is 5.37. The first-order valence-electron chi connectivity index (χ1n) is 3.90. The molecular formula is C9H11NO3. The van der Waals surface area contributed by atoms with Crippen LogP contribution in [0, 0.1) is 0 Å². The fraction of sp³-hybridized carbons (Fsp3) is 0.222. The number of benzene rings is 1. The van der Waals surface area contributed by atoms with Gasteiger partial charge in [0.2, 0.25) is 0 Å². The fourth-order valence-electron chi connectivity index (χ4n) is 0.990. The topological polar surface area (TPSA) is 72.6 Å². The van der Waals surface area contributed by atoms with Gasteiger partial charge in [0.15, 0.2) is 0 Å². The summed E-state index contributed by atoms with van der Waals surface area (Å²) in [4.78, 5) is 10.9. The predicted octanol–water partition coefficient (Wildman–Crippen LogP) is 0.890. The summed E-state index contributed by atoms with van der Waals surface area (Å²) in [6.07, 6.45) is 0. The summed E-state index contributed by atoms with van der Waals surface area (Å²) in [6, 6.07) is 4.19. The number of carbonyl (C=O) groups is 1. The Labute approximate surface area is 75.9 Å². The number of phenols is 1. The van der Waals surface area contributed by atoms with Gasteiger partial charge >= 0.3 is 0 Å². The van der Waals surface area contributed by atoms with Gasteiger partial charge in [-0.1, -0.05) is 0 Å². The van der Waals surface area contributed by atoms with Crippen molar-refractivity contribution in [3.05, 3.63) is 23.8 Å². The zero-order valence-electron chi connectivity index (χ0n) is 7.28. The third kappa shape index (κ3) is 2.11. The van der Waals surface area contributed by atoms with Crippen LogP contribution >= 0.6 is 0 Å². The normalized spacial score (nSPS) is 9.62. The molecule has 1 rings (SSSR count). The number of hydrogen-bond donors (Lipinski definition) is 2. The van der Waals surface area contributed by atoms with Crippen LogP contribution in [-0.4, -0.2) is 17.6 Å². The molecule has 0 saturated heterocycles. The van der Waals surface area contributed by atoms with E-state index in [1.54, 1.807) is 6.92 Å². The maximum absolute atomic E-state index is 10.9. The third-order valence-corrected chi connectivity index (χ3v) is 1.53. The number of aromatic hydroxyl groups is 1. The molecule has 1 aromatic rings. The zero-order valence-corrected chi connectivity index (χ0v) is 7.28. The van der Waals surface area contributed by atoms with Crippen LogP contribution in [0.25, 0.3) is 0 Å². The number of rotatable bonds is 3.